The van der Waals surface area contributed by atoms with E-state index in [4.69, 9.17) is 9.47 Å². The van der Waals surface area contributed by atoms with Crippen LogP contribution in [-0.4, -0.2) is 61.5 Å². The summed E-state index contributed by atoms with van der Waals surface area (Å²) in [6.07, 6.45) is 4.97. The van der Waals surface area contributed by atoms with Crippen molar-refractivity contribution in [1.29, 1.82) is 0 Å². The third-order valence-electron chi connectivity index (χ3n) is 3.35. The second-order valence-electron chi connectivity index (χ2n) is 4.99. The maximum atomic E-state index is 11.0. The predicted molar refractivity (Wildman–Crippen MR) is 73.0 cm³/mol. The Morgan fingerprint density at radius 1 is 1.26 bits per heavy atom. The molecule has 1 aliphatic rings. The third-order valence-corrected chi connectivity index (χ3v) is 3.35. The van der Waals surface area contributed by atoms with Crippen LogP contribution >= 0.6 is 0 Å². The SMILES string of the molecule is CCOC(=O)COCCCCCN1CCC(O)CC1. The van der Waals surface area contributed by atoms with Gasteiger partial charge >= 0.3 is 5.97 Å². The molecule has 0 amide bonds. The molecule has 0 saturated carbocycles. The minimum atomic E-state index is -0.283. The van der Waals surface area contributed by atoms with Crippen LogP contribution < -0.4 is 0 Å². The Labute approximate surface area is 115 Å². The number of esters is 1. The molecule has 0 aromatic rings. The fraction of sp³-hybridized carbons (Fsp3) is 0.929. The Morgan fingerprint density at radius 3 is 2.68 bits per heavy atom. The van der Waals surface area contributed by atoms with Gasteiger partial charge in [0, 0.05) is 19.7 Å². The van der Waals surface area contributed by atoms with Crippen molar-refractivity contribution in [3.63, 3.8) is 0 Å². The zero-order valence-corrected chi connectivity index (χ0v) is 12.0. The largest absolute Gasteiger partial charge is 0.464 e. The molecule has 1 aliphatic heterocycles. The van der Waals surface area contributed by atoms with E-state index < -0.39 is 0 Å². The van der Waals surface area contributed by atoms with E-state index in [1.165, 1.54) is 0 Å². The Morgan fingerprint density at radius 2 is 2.00 bits per heavy atom. The molecule has 0 spiro atoms. The molecule has 19 heavy (non-hydrogen) atoms. The molecule has 0 unspecified atom stereocenters. The van der Waals surface area contributed by atoms with E-state index >= 15 is 0 Å². The summed E-state index contributed by atoms with van der Waals surface area (Å²) in [7, 11) is 0. The number of piperidine rings is 1. The van der Waals surface area contributed by atoms with Crippen LogP contribution in [0, 0.1) is 0 Å². The Kier molecular flexibility index (Phi) is 8.79. The third kappa shape index (κ3) is 8.18. The first-order valence-corrected chi connectivity index (χ1v) is 7.36. The molecule has 0 bridgehead atoms. The molecule has 1 N–H and O–H groups in total. The standard InChI is InChI=1S/C14H27NO4/c1-2-19-14(17)12-18-11-5-3-4-8-15-9-6-13(16)7-10-15/h13,16H,2-12H2,1H3. The average Bonchev–Trinajstić information content (AvgIpc) is 2.40. The number of aliphatic hydroxyl groups is 1. The molecular weight excluding hydrogens is 246 g/mol. The summed E-state index contributed by atoms with van der Waals surface area (Å²) in [6, 6.07) is 0. The summed E-state index contributed by atoms with van der Waals surface area (Å²) in [5, 5.41) is 9.40. The molecule has 0 aromatic carbocycles. The van der Waals surface area contributed by atoms with Gasteiger partial charge in [-0.15, -0.1) is 0 Å². The van der Waals surface area contributed by atoms with E-state index in [2.05, 4.69) is 4.90 Å². The van der Waals surface area contributed by atoms with Gasteiger partial charge < -0.3 is 19.5 Å². The number of likely N-dealkylation sites (tertiary alicyclic amines) is 1. The lowest BCUT2D eigenvalue weighted by atomic mass is 10.1. The molecule has 5 heteroatoms. The van der Waals surface area contributed by atoms with Crippen LogP contribution in [-0.2, 0) is 14.3 Å². The monoisotopic (exact) mass is 273 g/mol. The molecule has 1 rings (SSSR count). The zero-order valence-electron chi connectivity index (χ0n) is 12.0. The Hall–Kier alpha value is -0.650. The number of ether oxygens (including phenoxy) is 2. The number of carbonyl (C=O) groups excluding carboxylic acids is 1. The van der Waals surface area contributed by atoms with E-state index in [1.807, 2.05) is 0 Å². The topological polar surface area (TPSA) is 59.0 Å². The summed E-state index contributed by atoms with van der Waals surface area (Å²) in [5.74, 6) is -0.283. The highest BCUT2D eigenvalue weighted by atomic mass is 16.6. The second-order valence-corrected chi connectivity index (χ2v) is 4.99. The van der Waals surface area contributed by atoms with Crippen LogP contribution in [0.1, 0.15) is 39.0 Å². The van der Waals surface area contributed by atoms with Gasteiger partial charge in [-0.3, -0.25) is 0 Å². The molecule has 1 saturated heterocycles. The maximum Gasteiger partial charge on any atom is 0.332 e. The molecule has 112 valence electrons. The predicted octanol–water partition coefficient (Wildman–Crippen LogP) is 1.19. The highest BCUT2D eigenvalue weighted by Gasteiger charge is 2.15. The van der Waals surface area contributed by atoms with E-state index in [1.54, 1.807) is 6.92 Å². The minimum Gasteiger partial charge on any atom is -0.464 e. The number of nitrogens with zero attached hydrogens (tertiary/aromatic N) is 1. The van der Waals surface area contributed by atoms with E-state index in [0.29, 0.717) is 13.2 Å². The first-order chi connectivity index (χ1) is 9.22. The second kappa shape index (κ2) is 10.2. The van der Waals surface area contributed by atoms with E-state index in [-0.39, 0.29) is 18.7 Å². The summed E-state index contributed by atoms with van der Waals surface area (Å²) in [5.41, 5.74) is 0. The molecule has 0 radical (unpaired) electrons. The number of hydrogen-bond donors (Lipinski definition) is 1. The maximum absolute atomic E-state index is 11.0. The summed E-state index contributed by atoms with van der Waals surface area (Å²) >= 11 is 0. The summed E-state index contributed by atoms with van der Waals surface area (Å²) in [6.45, 7) is 6.02. The normalized spacial score (nSPS) is 17.6. The quantitative estimate of drug-likeness (QED) is 0.505. The molecule has 1 fully saturated rings. The number of carbonyl (C=O) groups is 1. The van der Waals surface area contributed by atoms with Crippen molar-refractivity contribution in [1.82, 2.24) is 4.90 Å². The molecule has 5 nitrogen and oxygen atoms in total. The number of hydrogen-bond acceptors (Lipinski definition) is 5. The van der Waals surface area contributed by atoms with Gasteiger partial charge in [0.2, 0.25) is 0 Å². The smallest absolute Gasteiger partial charge is 0.332 e. The highest BCUT2D eigenvalue weighted by molar-refractivity contribution is 5.70. The van der Waals surface area contributed by atoms with Gasteiger partial charge in [0.1, 0.15) is 6.61 Å². The number of rotatable bonds is 9. The van der Waals surface area contributed by atoms with Crippen LogP contribution in [0.5, 0.6) is 0 Å². The number of aliphatic hydroxyl groups excluding tert-OH is 1. The van der Waals surface area contributed by atoms with Gasteiger partial charge in [-0.05, 0) is 45.6 Å². The van der Waals surface area contributed by atoms with Crippen LogP contribution in [0.2, 0.25) is 0 Å². The van der Waals surface area contributed by atoms with Gasteiger partial charge in [0.25, 0.3) is 0 Å². The summed E-state index contributed by atoms with van der Waals surface area (Å²) < 4.78 is 10.00. The van der Waals surface area contributed by atoms with Crippen molar-refractivity contribution in [2.24, 2.45) is 0 Å². The van der Waals surface area contributed by atoms with E-state index in [0.717, 1.165) is 51.7 Å². The van der Waals surface area contributed by atoms with Crippen molar-refractivity contribution in [3.05, 3.63) is 0 Å². The first kappa shape index (κ1) is 16.4. The lowest BCUT2D eigenvalue weighted by Crippen LogP contribution is -2.36. The van der Waals surface area contributed by atoms with Gasteiger partial charge in [-0.25, -0.2) is 4.79 Å². The van der Waals surface area contributed by atoms with Crippen LogP contribution in [0.15, 0.2) is 0 Å². The van der Waals surface area contributed by atoms with Crippen LogP contribution in [0.25, 0.3) is 0 Å². The molecule has 1 heterocycles. The van der Waals surface area contributed by atoms with Crippen LogP contribution in [0.4, 0.5) is 0 Å². The van der Waals surface area contributed by atoms with Crippen molar-refractivity contribution in [2.45, 2.75) is 45.1 Å². The van der Waals surface area contributed by atoms with Crippen molar-refractivity contribution < 1.29 is 19.4 Å². The number of unbranched alkanes of at least 4 members (excludes halogenated alkanes) is 2. The van der Waals surface area contributed by atoms with Gasteiger partial charge in [-0.2, -0.15) is 0 Å². The summed E-state index contributed by atoms with van der Waals surface area (Å²) in [4.78, 5) is 13.4. The molecular formula is C14H27NO4. The lowest BCUT2D eigenvalue weighted by molar-refractivity contribution is -0.148. The first-order valence-electron chi connectivity index (χ1n) is 7.36. The highest BCUT2D eigenvalue weighted by Crippen LogP contribution is 2.10. The van der Waals surface area contributed by atoms with Crippen molar-refractivity contribution in [2.75, 3.05) is 39.5 Å². The molecule has 0 aliphatic carbocycles. The van der Waals surface area contributed by atoms with Gasteiger partial charge in [0.05, 0.1) is 12.7 Å². The van der Waals surface area contributed by atoms with Gasteiger partial charge in [-0.1, -0.05) is 0 Å². The van der Waals surface area contributed by atoms with E-state index in [9.17, 15) is 9.90 Å². The average molecular weight is 273 g/mol. The Balaban J connectivity index is 1.85. The minimum absolute atomic E-state index is 0.0673. The van der Waals surface area contributed by atoms with Crippen molar-refractivity contribution in [3.8, 4) is 0 Å². The fourth-order valence-corrected chi connectivity index (χ4v) is 2.22. The zero-order chi connectivity index (χ0) is 13.9. The Bertz CT molecular complexity index is 240. The van der Waals surface area contributed by atoms with Crippen LogP contribution in [0.3, 0.4) is 0 Å². The van der Waals surface area contributed by atoms with Gasteiger partial charge in [0.15, 0.2) is 0 Å². The lowest BCUT2D eigenvalue weighted by Gasteiger charge is -2.29. The van der Waals surface area contributed by atoms with Crippen molar-refractivity contribution >= 4 is 5.97 Å². The fourth-order valence-electron chi connectivity index (χ4n) is 2.22. The molecule has 0 atom stereocenters. The molecule has 0 aromatic heterocycles.